The Hall–Kier alpha value is -2.26. The van der Waals surface area contributed by atoms with Gasteiger partial charge in [0.25, 0.3) is 5.91 Å². The van der Waals surface area contributed by atoms with Crippen molar-refractivity contribution in [2.24, 2.45) is 0 Å². The Balaban J connectivity index is 1.75. The molecule has 0 saturated carbocycles. The number of fused-ring (bicyclic) bond motifs is 1. The number of rotatable bonds is 5. The van der Waals surface area contributed by atoms with Crippen LogP contribution in [0.3, 0.4) is 0 Å². The van der Waals surface area contributed by atoms with Gasteiger partial charge in [0.05, 0.1) is 11.4 Å². The molecule has 1 N–H and O–H groups in total. The molecule has 140 valence electrons. The van der Waals surface area contributed by atoms with E-state index in [2.05, 4.69) is 15.4 Å². The summed E-state index contributed by atoms with van der Waals surface area (Å²) in [4.78, 5) is 16.9. The van der Waals surface area contributed by atoms with E-state index in [0.717, 1.165) is 18.7 Å². The third-order valence-corrected chi connectivity index (χ3v) is 6.67. The minimum atomic E-state index is -3.63. The van der Waals surface area contributed by atoms with E-state index < -0.39 is 10.0 Å². The van der Waals surface area contributed by atoms with E-state index in [-0.39, 0.29) is 22.9 Å². The van der Waals surface area contributed by atoms with Crippen LogP contribution < -0.4 is 5.32 Å². The molecule has 9 heteroatoms. The lowest BCUT2D eigenvalue weighted by Crippen LogP contribution is -2.41. The van der Waals surface area contributed by atoms with Crippen LogP contribution in [0.25, 0.3) is 0 Å². The third kappa shape index (κ3) is 3.63. The van der Waals surface area contributed by atoms with Crippen LogP contribution in [0.5, 0.6) is 0 Å². The fourth-order valence-electron chi connectivity index (χ4n) is 2.87. The number of carbonyl (C=O) groups is 1. The molecule has 1 aliphatic rings. The molecule has 0 saturated heterocycles. The van der Waals surface area contributed by atoms with E-state index >= 15 is 0 Å². The Morgan fingerprint density at radius 3 is 2.88 bits per heavy atom. The van der Waals surface area contributed by atoms with Crippen molar-refractivity contribution in [2.45, 2.75) is 50.2 Å². The van der Waals surface area contributed by atoms with E-state index in [4.69, 9.17) is 0 Å². The van der Waals surface area contributed by atoms with Gasteiger partial charge in [0.2, 0.25) is 10.0 Å². The number of aryl methyl sites for hydroxylation is 1. The molecule has 1 amide bonds. The SMILES string of the molecule is CC(C)N(C)S(=O)(=O)c1cccc(C(=O)N[C@H]2CCc3ncnn3C2)c1. The first kappa shape index (κ1) is 18.5. The number of hydrogen-bond donors (Lipinski definition) is 1. The summed E-state index contributed by atoms with van der Waals surface area (Å²) in [6.07, 6.45) is 3.04. The topological polar surface area (TPSA) is 97.2 Å². The second kappa shape index (κ2) is 7.16. The lowest BCUT2D eigenvalue weighted by atomic mass is 10.1. The van der Waals surface area contributed by atoms with Gasteiger partial charge in [-0.15, -0.1) is 0 Å². The number of carbonyl (C=O) groups excluding carboxylic acids is 1. The Morgan fingerprint density at radius 2 is 2.15 bits per heavy atom. The zero-order valence-corrected chi connectivity index (χ0v) is 15.9. The van der Waals surface area contributed by atoms with Crippen molar-refractivity contribution < 1.29 is 13.2 Å². The maximum Gasteiger partial charge on any atom is 0.251 e. The molecule has 2 aromatic rings. The van der Waals surface area contributed by atoms with Crippen LogP contribution in [0.2, 0.25) is 0 Å². The summed E-state index contributed by atoms with van der Waals surface area (Å²) in [7, 11) is -2.10. The quantitative estimate of drug-likeness (QED) is 0.840. The minimum Gasteiger partial charge on any atom is -0.347 e. The van der Waals surface area contributed by atoms with Crippen molar-refractivity contribution in [1.82, 2.24) is 24.4 Å². The second-order valence-electron chi connectivity index (χ2n) is 6.71. The Morgan fingerprint density at radius 1 is 1.38 bits per heavy atom. The second-order valence-corrected chi connectivity index (χ2v) is 8.71. The third-order valence-electron chi connectivity index (χ3n) is 4.64. The van der Waals surface area contributed by atoms with Gasteiger partial charge in [-0.1, -0.05) is 6.07 Å². The molecule has 3 rings (SSSR count). The van der Waals surface area contributed by atoms with Gasteiger partial charge in [0.15, 0.2) is 0 Å². The average Bonchev–Trinajstić information content (AvgIpc) is 3.08. The first-order valence-corrected chi connectivity index (χ1v) is 9.98. The summed E-state index contributed by atoms with van der Waals surface area (Å²) in [5, 5.41) is 7.10. The number of aromatic nitrogens is 3. The zero-order valence-electron chi connectivity index (χ0n) is 15.1. The van der Waals surface area contributed by atoms with Crippen molar-refractivity contribution in [1.29, 1.82) is 0 Å². The largest absolute Gasteiger partial charge is 0.347 e. The highest BCUT2D eigenvalue weighted by atomic mass is 32.2. The molecule has 0 radical (unpaired) electrons. The van der Waals surface area contributed by atoms with Crippen LogP contribution in [0, 0.1) is 0 Å². The number of nitrogens with one attached hydrogen (secondary N) is 1. The summed E-state index contributed by atoms with van der Waals surface area (Å²) >= 11 is 0. The van der Waals surface area contributed by atoms with Gasteiger partial charge in [0, 0.05) is 31.1 Å². The van der Waals surface area contributed by atoms with Gasteiger partial charge < -0.3 is 5.32 Å². The molecular weight excluding hydrogens is 354 g/mol. The first-order valence-electron chi connectivity index (χ1n) is 8.54. The summed E-state index contributed by atoms with van der Waals surface area (Å²) in [5.41, 5.74) is 0.326. The van der Waals surface area contributed by atoms with E-state index in [1.165, 1.54) is 29.8 Å². The molecular formula is C17H23N5O3S. The lowest BCUT2D eigenvalue weighted by molar-refractivity contribution is 0.0926. The lowest BCUT2D eigenvalue weighted by Gasteiger charge is -2.24. The molecule has 1 atom stereocenters. The van der Waals surface area contributed by atoms with Crippen LogP contribution in [0.1, 0.15) is 36.5 Å². The molecule has 1 aromatic carbocycles. The van der Waals surface area contributed by atoms with Gasteiger partial charge >= 0.3 is 0 Å². The van der Waals surface area contributed by atoms with Crippen LogP contribution >= 0.6 is 0 Å². The zero-order chi connectivity index (χ0) is 18.9. The maximum absolute atomic E-state index is 12.6. The molecule has 2 heterocycles. The summed E-state index contributed by atoms with van der Waals surface area (Å²) in [5.74, 6) is 0.628. The van der Waals surface area contributed by atoms with E-state index in [0.29, 0.717) is 12.1 Å². The molecule has 0 spiro atoms. The number of benzene rings is 1. The molecule has 1 aliphatic heterocycles. The molecule has 0 aliphatic carbocycles. The van der Waals surface area contributed by atoms with Gasteiger partial charge in [-0.2, -0.15) is 9.40 Å². The highest BCUT2D eigenvalue weighted by Gasteiger charge is 2.25. The Kier molecular flexibility index (Phi) is 5.10. The Bertz CT molecular complexity index is 907. The molecule has 0 fully saturated rings. The first-order chi connectivity index (χ1) is 12.3. The number of hydrogen-bond acceptors (Lipinski definition) is 5. The van der Waals surface area contributed by atoms with Crippen molar-refractivity contribution >= 4 is 15.9 Å². The molecule has 0 unspecified atom stereocenters. The predicted molar refractivity (Wildman–Crippen MR) is 96.1 cm³/mol. The smallest absolute Gasteiger partial charge is 0.251 e. The Labute approximate surface area is 153 Å². The van der Waals surface area contributed by atoms with Gasteiger partial charge in [0.1, 0.15) is 12.2 Å². The highest BCUT2D eigenvalue weighted by Crippen LogP contribution is 2.18. The van der Waals surface area contributed by atoms with E-state index in [1.807, 2.05) is 0 Å². The van der Waals surface area contributed by atoms with Crippen molar-refractivity contribution in [2.75, 3.05) is 7.05 Å². The average molecular weight is 377 g/mol. The molecule has 0 bridgehead atoms. The number of nitrogens with zero attached hydrogens (tertiary/aromatic N) is 4. The summed E-state index contributed by atoms with van der Waals surface area (Å²) in [6, 6.07) is 5.91. The van der Waals surface area contributed by atoms with Crippen LogP contribution in [0.15, 0.2) is 35.5 Å². The molecule has 1 aromatic heterocycles. The molecule has 8 nitrogen and oxygen atoms in total. The fourth-order valence-corrected chi connectivity index (χ4v) is 4.28. The van der Waals surface area contributed by atoms with Crippen LogP contribution in [-0.2, 0) is 23.0 Å². The molecule has 26 heavy (non-hydrogen) atoms. The fraction of sp³-hybridized carbons (Fsp3) is 0.471. The summed E-state index contributed by atoms with van der Waals surface area (Å²) < 4.78 is 28.3. The summed E-state index contributed by atoms with van der Waals surface area (Å²) in [6.45, 7) is 4.17. The maximum atomic E-state index is 12.6. The monoisotopic (exact) mass is 377 g/mol. The van der Waals surface area contributed by atoms with E-state index in [1.54, 1.807) is 30.7 Å². The van der Waals surface area contributed by atoms with Gasteiger partial charge in [-0.05, 0) is 38.5 Å². The highest BCUT2D eigenvalue weighted by molar-refractivity contribution is 7.89. The van der Waals surface area contributed by atoms with Gasteiger partial charge in [-0.25, -0.2) is 18.1 Å². The standard InChI is InChI=1S/C17H23N5O3S/c1-12(2)21(3)26(24,25)15-6-4-5-13(9-15)17(23)20-14-7-8-16-18-11-19-22(16)10-14/h4-6,9,11-12,14H,7-8,10H2,1-3H3,(H,20,23)/t14-/m0/s1. The normalized spacial score (nSPS) is 17.3. The van der Waals surface area contributed by atoms with Gasteiger partial charge in [-0.3, -0.25) is 4.79 Å². The minimum absolute atomic E-state index is 0.0599. The number of amides is 1. The van der Waals surface area contributed by atoms with E-state index in [9.17, 15) is 13.2 Å². The number of sulfonamides is 1. The van der Waals surface area contributed by atoms with Crippen molar-refractivity contribution in [3.8, 4) is 0 Å². The predicted octanol–water partition coefficient (Wildman–Crippen LogP) is 1.05. The van der Waals surface area contributed by atoms with Crippen LogP contribution in [-0.4, -0.2) is 52.5 Å². The van der Waals surface area contributed by atoms with Crippen LogP contribution in [0.4, 0.5) is 0 Å². The van der Waals surface area contributed by atoms with Crippen molar-refractivity contribution in [3.63, 3.8) is 0 Å². The van der Waals surface area contributed by atoms with Crippen molar-refractivity contribution in [3.05, 3.63) is 42.0 Å².